The quantitative estimate of drug-likeness (QED) is 0.101. The Morgan fingerprint density at radius 2 is 0.732 bits per heavy atom. The average Bonchev–Trinajstić information content (AvgIpc) is 2.25. The Balaban J connectivity index is 0.915. The van der Waals surface area contributed by atoms with Crippen molar-refractivity contribution in [3.63, 3.8) is 0 Å². The highest BCUT2D eigenvalue weighted by Gasteiger charge is 2.50. The van der Waals surface area contributed by atoms with Gasteiger partial charge in [-0.3, -0.25) is 0 Å². The normalized spacial score (nSPS) is 14.1. The molecule has 384 valence electrons. The number of aromatic nitrogens is 4. The first-order chi connectivity index (χ1) is 40.7. The van der Waals surface area contributed by atoms with Crippen LogP contribution in [0.25, 0.3) is 83.9 Å². The third-order valence-corrected chi connectivity index (χ3v) is 22.2. The third-order valence-electron chi connectivity index (χ3n) is 17.4. The molecular weight excluding hydrogens is 1010 g/mol. The van der Waals surface area contributed by atoms with Crippen molar-refractivity contribution in [2.75, 3.05) is 0 Å². The maximum Gasteiger partial charge on any atom is 0.179 e. The van der Waals surface area contributed by atoms with Crippen LogP contribution in [0.1, 0.15) is 45.2 Å². The van der Waals surface area contributed by atoms with Crippen molar-refractivity contribution in [1.29, 1.82) is 0 Å². The van der Waals surface area contributed by atoms with Crippen LogP contribution in [0.3, 0.4) is 0 Å². The van der Waals surface area contributed by atoms with Gasteiger partial charge in [-0.1, -0.05) is 279 Å². The minimum atomic E-state index is -3.14. The highest BCUT2D eigenvalue weighted by molar-refractivity contribution is 7.20. The van der Waals surface area contributed by atoms with E-state index in [0.717, 1.165) is 39.0 Å². The molecule has 0 amide bonds. The van der Waals surface area contributed by atoms with Crippen LogP contribution in [-0.4, -0.2) is 27.6 Å². The van der Waals surface area contributed by atoms with Crippen LogP contribution in [0.4, 0.5) is 0 Å². The van der Waals surface area contributed by atoms with Crippen molar-refractivity contribution in [3.8, 4) is 62.1 Å². The lowest BCUT2D eigenvalue weighted by Crippen LogP contribution is -2.75. The third kappa shape index (κ3) is 7.47. The molecule has 2 atom stereocenters. The molecule has 0 fully saturated rings. The fraction of sp³-hybridized carbons (Fsp3) is 0.0260. The molecule has 82 heavy (non-hydrogen) atoms. The van der Waals surface area contributed by atoms with Gasteiger partial charge in [-0.2, -0.15) is 0 Å². The van der Waals surface area contributed by atoms with Crippen LogP contribution < -0.4 is 20.7 Å². The zero-order chi connectivity index (χ0) is 54.1. The molecule has 3 aliphatic rings. The minimum Gasteiger partial charge on any atom is -0.309 e. The van der Waals surface area contributed by atoms with Gasteiger partial charge in [0.05, 0.1) is 11.0 Å². The zero-order valence-electron chi connectivity index (χ0n) is 44.8. The van der Waals surface area contributed by atoms with E-state index in [9.17, 15) is 0 Å². The Kier molecular flexibility index (Phi) is 11.3. The summed E-state index contributed by atoms with van der Waals surface area (Å²) in [7, 11) is -3.14. The number of benzene rings is 12. The van der Waals surface area contributed by atoms with Gasteiger partial charge in [-0.25, -0.2) is 15.0 Å². The molecule has 2 bridgehead atoms. The van der Waals surface area contributed by atoms with Crippen LogP contribution in [0.15, 0.2) is 303 Å². The SMILES string of the molecule is c1ccc(-c2cccc([Si](c3ccccc3)(c3ccccc3)c3cccc4c3C3c5ccccc5C4c4cccc(-c5ccccc5-c5nc(-c6ccccc6)nc(-c6cccc(-n7c8ccccc8c8ccccc87)c6)n5)c43)c2)cc1. The summed E-state index contributed by atoms with van der Waals surface area (Å²) >= 11 is 0. The monoisotopic (exact) mass is 1060 g/mol. The second-order valence-corrected chi connectivity index (χ2v) is 25.4. The summed E-state index contributed by atoms with van der Waals surface area (Å²) in [6.07, 6.45) is 0. The molecule has 14 aromatic rings. The summed E-state index contributed by atoms with van der Waals surface area (Å²) in [6.45, 7) is 0. The van der Waals surface area contributed by atoms with Gasteiger partial charge >= 0.3 is 0 Å². The molecule has 4 nitrogen and oxygen atoms in total. The average molecular weight is 1060 g/mol. The predicted octanol–water partition coefficient (Wildman–Crippen LogP) is 15.7. The molecular formula is C77H52N4Si. The van der Waals surface area contributed by atoms with Gasteiger partial charge < -0.3 is 4.57 Å². The summed E-state index contributed by atoms with van der Waals surface area (Å²) < 4.78 is 2.35. The van der Waals surface area contributed by atoms with E-state index in [1.807, 2.05) is 6.07 Å². The van der Waals surface area contributed by atoms with Crippen molar-refractivity contribution in [3.05, 3.63) is 337 Å². The number of nitrogens with zero attached hydrogens (tertiary/aromatic N) is 4. The van der Waals surface area contributed by atoms with Crippen molar-refractivity contribution >= 4 is 50.6 Å². The molecule has 0 radical (unpaired) electrons. The molecule has 2 aromatic heterocycles. The van der Waals surface area contributed by atoms with Gasteiger partial charge in [0, 0.05) is 45.0 Å². The summed E-state index contributed by atoms with van der Waals surface area (Å²) in [5.41, 5.74) is 19.1. The molecule has 0 saturated carbocycles. The lowest BCUT2D eigenvalue weighted by atomic mass is 9.60. The number of hydrogen-bond acceptors (Lipinski definition) is 3. The Hall–Kier alpha value is -10.3. The fourth-order valence-electron chi connectivity index (χ4n) is 14.0. The first-order valence-corrected chi connectivity index (χ1v) is 30.3. The summed E-state index contributed by atoms with van der Waals surface area (Å²) in [5, 5.41) is 7.92. The minimum absolute atomic E-state index is 0.0161. The largest absolute Gasteiger partial charge is 0.309 e. The molecule has 3 aliphatic carbocycles. The van der Waals surface area contributed by atoms with Gasteiger partial charge in [-0.15, -0.1) is 0 Å². The van der Waals surface area contributed by atoms with E-state index in [1.165, 1.54) is 81.6 Å². The Labute approximate surface area is 478 Å². The predicted molar refractivity (Wildman–Crippen MR) is 340 cm³/mol. The standard InChI is InChI=1S/C77H52N4Si/c1-5-25-51(26-6-1)53-29-22-36-58(50-53)82(56-32-9-3-10-33-56,57-34-11-4-12-35-57)70-48-24-45-67-71-63-40-14-15-41-64(63)74(73(67)70)72-62(43-23-44-66(71)72)59-37-13-16-42-65(59)77-79-75(52-27-7-2-8-28-52)78-76(80-77)54-30-21-31-55(49-54)81-68-46-19-17-38-60(68)61-39-18-20-47-69(61)81/h1-50,71,74H. The van der Waals surface area contributed by atoms with E-state index in [-0.39, 0.29) is 11.8 Å². The van der Waals surface area contributed by atoms with Gasteiger partial charge in [0.1, 0.15) is 0 Å². The van der Waals surface area contributed by atoms with Crippen LogP contribution in [0, 0.1) is 0 Å². The smallest absolute Gasteiger partial charge is 0.179 e. The number of rotatable bonds is 10. The first-order valence-electron chi connectivity index (χ1n) is 28.3. The first kappa shape index (κ1) is 47.6. The molecule has 2 unspecified atom stereocenters. The molecule has 12 aromatic carbocycles. The Morgan fingerprint density at radius 1 is 0.280 bits per heavy atom. The maximum absolute atomic E-state index is 5.51. The fourth-order valence-corrected chi connectivity index (χ4v) is 19.1. The number of hydrogen-bond donors (Lipinski definition) is 0. The highest BCUT2D eigenvalue weighted by Crippen LogP contribution is 2.58. The van der Waals surface area contributed by atoms with Gasteiger partial charge in [-0.05, 0) is 101 Å². The van der Waals surface area contributed by atoms with E-state index >= 15 is 0 Å². The van der Waals surface area contributed by atoms with E-state index in [2.05, 4.69) is 302 Å². The Morgan fingerprint density at radius 3 is 1.41 bits per heavy atom. The van der Waals surface area contributed by atoms with Crippen LogP contribution >= 0.6 is 0 Å². The Bertz CT molecular complexity index is 4670. The van der Waals surface area contributed by atoms with Gasteiger partial charge in [0.2, 0.25) is 0 Å². The lowest BCUT2D eigenvalue weighted by Gasteiger charge is -2.47. The molecule has 17 rings (SSSR count). The van der Waals surface area contributed by atoms with E-state index in [0.29, 0.717) is 17.5 Å². The zero-order valence-corrected chi connectivity index (χ0v) is 45.8. The second kappa shape index (κ2) is 19.5. The lowest BCUT2D eigenvalue weighted by molar-refractivity contribution is 0.760. The second-order valence-electron chi connectivity index (χ2n) is 21.7. The summed E-state index contributed by atoms with van der Waals surface area (Å²) in [4.78, 5) is 16.2. The van der Waals surface area contributed by atoms with Crippen LogP contribution in [0.5, 0.6) is 0 Å². The van der Waals surface area contributed by atoms with Gasteiger partial charge in [0.25, 0.3) is 0 Å². The highest BCUT2D eigenvalue weighted by atomic mass is 28.3. The molecule has 5 heteroatoms. The molecule has 0 aliphatic heterocycles. The molecule has 0 spiro atoms. The summed E-state index contributed by atoms with van der Waals surface area (Å²) in [6, 6.07) is 112. The van der Waals surface area contributed by atoms with Crippen molar-refractivity contribution in [2.45, 2.75) is 11.8 Å². The summed E-state index contributed by atoms with van der Waals surface area (Å²) in [5.74, 6) is 1.80. The van der Waals surface area contributed by atoms with Crippen molar-refractivity contribution in [2.24, 2.45) is 0 Å². The topological polar surface area (TPSA) is 43.6 Å². The molecule has 2 heterocycles. The maximum atomic E-state index is 5.51. The van der Waals surface area contributed by atoms with Gasteiger partial charge in [0.15, 0.2) is 25.5 Å². The van der Waals surface area contributed by atoms with Crippen molar-refractivity contribution in [1.82, 2.24) is 19.5 Å². The van der Waals surface area contributed by atoms with Crippen LogP contribution in [-0.2, 0) is 0 Å². The number of para-hydroxylation sites is 2. The van der Waals surface area contributed by atoms with E-state index < -0.39 is 8.07 Å². The number of fused-ring (bicyclic) bond motifs is 3. The van der Waals surface area contributed by atoms with Crippen molar-refractivity contribution < 1.29 is 0 Å². The van der Waals surface area contributed by atoms with E-state index in [4.69, 9.17) is 15.0 Å². The van der Waals surface area contributed by atoms with E-state index in [1.54, 1.807) is 0 Å². The molecule has 0 N–H and O–H groups in total. The van der Waals surface area contributed by atoms with Crippen LogP contribution in [0.2, 0.25) is 0 Å². The molecule has 0 saturated heterocycles.